The van der Waals surface area contributed by atoms with E-state index in [-0.39, 0.29) is 6.61 Å². The third-order valence-electron chi connectivity index (χ3n) is 4.95. The van der Waals surface area contributed by atoms with Crippen molar-refractivity contribution in [2.75, 3.05) is 6.61 Å². The van der Waals surface area contributed by atoms with E-state index in [9.17, 15) is 19.5 Å². The van der Waals surface area contributed by atoms with E-state index in [0.29, 0.717) is 23.4 Å². The van der Waals surface area contributed by atoms with Crippen LogP contribution in [0.5, 0.6) is 0 Å². The van der Waals surface area contributed by atoms with Gasteiger partial charge in [0.25, 0.3) is 5.91 Å². The molecule has 10 heteroatoms. The quantitative estimate of drug-likeness (QED) is 0.507. The monoisotopic (exact) mass is 470 g/mol. The second-order valence-corrected chi connectivity index (χ2v) is 8.42. The second-order valence-electron chi connectivity index (χ2n) is 7.36. The lowest BCUT2D eigenvalue weighted by Crippen LogP contribution is -2.52. The number of benzene rings is 1. The first-order chi connectivity index (χ1) is 15.9. The van der Waals surface area contributed by atoms with E-state index in [4.69, 9.17) is 4.74 Å². The molecule has 0 bridgehead atoms. The molecule has 3 rings (SSSR count). The Labute approximate surface area is 196 Å². The van der Waals surface area contributed by atoms with E-state index in [2.05, 4.69) is 15.4 Å². The largest absolute Gasteiger partial charge is 0.479 e. The number of ether oxygens (including phenoxy) is 1. The van der Waals surface area contributed by atoms with E-state index < -0.39 is 35.3 Å². The lowest BCUT2D eigenvalue weighted by molar-refractivity contribution is -0.149. The van der Waals surface area contributed by atoms with Gasteiger partial charge in [0, 0.05) is 18.0 Å². The van der Waals surface area contributed by atoms with E-state index >= 15 is 0 Å². The molecular weight excluding hydrogens is 444 g/mol. The first kappa shape index (κ1) is 24.4. The predicted molar refractivity (Wildman–Crippen MR) is 124 cm³/mol. The molecule has 1 aromatic carbocycles. The summed E-state index contributed by atoms with van der Waals surface area (Å²) in [6.45, 7) is 3.51. The average molecular weight is 471 g/mol. The Morgan fingerprint density at radius 1 is 1.21 bits per heavy atom. The first-order valence-corrected chi connectivity index (χ1v) is 11.5. The zero-order valence-corrected chi connectivity index (χ0v) is 19.2. The minimum atomic E-state index is -1.21. The summed E-state index contributed by atoms with van der Waals surface area (Å²) in [5.41, 5.74) is 1.68. The Kier molecular flexibility index (Phi) is 8.56. The van der Waals surface area contributed by atoms with Crippen molar-refractivity contribution in [3.05, 3.63) is 66.0 Å². The number of nitrogens with one attached hydrogen (secondary N) is 1. The summed E-state index contributed by atoms with van der Waals surface area (Å²) < 4.78 is 5.17. The van der Waals surface area contributed by atoms with Crippen LogP contribution >= 0.6 is 11.8 Å². The minimum Gasteiger partial charge on any atom is -0.479 e. The second kappa shape index (κ2) is 11.6. The molecule has 0 unspecified atom stereocenters. The summed E-state index contributed by atoms with van der Waals surface area (Å²) in [7, 11) is 0. The Morgan fingerprint density at radius 2 is 1.97 bits per heavy atom. The predicted octanol–water partition coefficient (Wildman–Crippen LogP) is 2.27. The Morgan fingerprint density at radius 3 is 2.61 bits per heavy atom. The zero-order valence-electron chi connectivity index (χ0n) is 18.4. The third-order valence-corrected chi connectivity index (χ3v) is 6.11. The van der Waals surface area contributed by atoms with Crippen molar-refractivity contribution in [2.45, 2.75) is 44.1 Å². The Balaban J connectivity index is 1.73. The number of hydrogen-bond acceptors (Lipinski definition) is 8. The molecular formula is C23H26N4O5S. The van der Waals surface area contributed by atoms with Gasteiger partial charge in [-0.3, -0.25) is 19.9 Å². The molecule has 174 valence electrons. The molecule has 0 fully saturated rings. The molecule has 0 saturated carbocycles. The maximum Gasteiger partial charge on any atom is 0.339 e. The lowest BCUT2D eigenvalue weighted by Gasteiger charge is -2.25. The van der Waals surface area contributed by atoms with E-state index in [0.717, 1.165) is 22.3 Å². The highest BCUT2D eigenvalue weighted by Crippen LogP contribution is 2.30. The highest BCUT2D eigenvalue weighted by Gasteiger charge is 2.40. The number of carboxylic acids is 1. The first-order valence-electron chi connectivity index (χ1n) is 10.6. The molecule has 2 N–H and O–H groups in total. The van der Waals surface area contributed by atoms with Crippen LogP contribution in [0.2, 0.25) is 0 Å². The molecule has 3 atom stereocenters. The number of aromatic nitrogens is 1. The van der Waals surface area contributed by atoms with Gasteiger partial charge in [0.1, 0.15) is 11.1 Å². The molecule has 9 nitrogen and oxygen atoms in total. The molecule has 0 aliphatic carbocycles. The van der Waals surface area contributed by atoms with Crippen LogP contribution in [-0.2, 0) is 25.5 Å². The lowest BCUT2D eigenvalue weighted by atomic mass is 10.0. The van der Waals surface area contributed by atoms with E-state index in [1.54, 1.807) is 38.4 Å². The summed E-state index contributed by atoms with van der Waals surface area (Å²) >= 11 is 0.963. The number of aryl methyl sites for hydroxylation is 1. The topological polar surface area (TPSA) is 121 Å². The summed E-state index contributed by atoms with van der Waals surface area (Å²) in [5.74, 6) is -2.20. The molecule has 1 aromatic heterocycles. The normalized spacial score (nSPS) is 17.2. The fourth-order valence-corrected chi connectivity index (χ4v) is 4.26. The van der Waals surface area contributed by atoms with Crippen LogP contribution in [0.25, 0.3) is 0 Å². The van der Waals surface area contributed by atoms with Gasteiger partial charge in [0.15, 0.2) is 0 Å². The smallest absolute Gasteiger partial charge is 0.339 e. The van der Waals surface area contributed by atoms with Gasteiger partial charge in [-0.25, -0.2) is 9.80 Å². The summed E-state index contributed by atoms with van der Waals surface area (Å²) in [4.78, 5) is 41.5. The minimum absolute atomic E-state index is 0.216. The number of pyridine rings is 1. The van der Waals surface area contributed by atoms with Gasteiger partial charge in [0.05, 0.1) is 12.6 Å². The van der Waals surface area contributed by atoms with Gasteiger partial charge in [-0.1, -0.05) is 42.1 Å². The number of thioether (sulfide) groups is 1. The van der Waals surface area contributed by atoms with Crippen molar-refractivity contribution in [3.63, 3.8) is 0 Å². The molecule has 1 aliphatic heterocycles. The molecule has 1 aliphatic rings. The molecule has 2 aromatic rings. The number of amides is 1. The van der Waals surface area contributed by atoms with Crippen molar-refractivity contribution < 1.29 is 24.2 Å². The highest BCUT2D eigenvalue weighted by atomic mass is 32.2. The molecule has 1 amide bonds. The number of nitrogens with zero attached hydrogens (tertiary/aromatic N) is 3. The molecule has 2 heterocycles. The standard InChI is InChI=1S/C23H26N4O5S/c1-3-32-23(31)18(12-11-16-8-5-4-6-9-16)25-15(2)20(28)27-21(22(29)30)33-19(26-27)17-10-7-13-24-14-17/h4-10,13-15,18,21,25H,3,11-12H2,1-2H3,(H,29,30)/t15-,18-,21-/m0/s1. The van der Waals surface area contributed by atoms with Gasteiger partial charge >= 0.3 is 11.9 Å². The third kappa shape index (κ3) is 6.39. The molecule has 0 spiro atoms. The number of carboxylic acid groups (broad SMARTS) is 1. The molecule has 33 heavy (non-hydrogen) atoms. The van der Waals surface area contributed by atoms with Crippen LogP contribution in [0.15, 0.2) is 60.0 Å². The summed E-state index contributed by atoms with van der Waals surface area (Å²) in [5, 5.41) is 17.0. The van der Waals surface area contributed by atoms with Crippen molar-refractivity contribution in [2.24, 2.45) is 5.10 Å². The highest BCUT2D eigenvalue weighted by molar-refractivity contribution is 8.15. The van der Waals surface area contributed by atoms with E-state index in [1.165, 1.54) is 0 Å². The maximum absolute atomic E-state index is 13.1. The Bertz CT molecular complexity index is 1000. The summed E-state index contributed by atoms with van der Waals surface area (Å²) in [6, 6.07) is 11.5. The zero-order chi connectivity index (χ0) is 23.8. The summed E-state index contributed by atoms with van der Waals surface area (Å²) in [6.07, 6.45) is 4.18. The number of aliphatic carboxylic acids is 1. The SMILES string of the molecule is CCOC(=O)[C@H](CCc1ccccc1)N[C@@H](C)C(=O)N1N=C(c2cccnc2)S[C@H]1C(=O)O. The van der Waals surface area contributed by atoms with Gasteiger partial charge in [-0.05, 0) is 44.4 Å². The van der Waals surface area contributed by atoms with Gasteiger partial charge < -0.3 is 9.84 Å². The van der Waals surface area contributed by atoms with E-state index in [1.807, 2.05) is 30.3 Å². The number of hydrogen-bond donors (Lipinski definition) is 2. The number of hydrazone groups is 1. The van der Waals surface area contributed by atoms with Crippen LogP contribution in [0.3, 0.4) is 0 Å². The van der Waals surface area contributed by atoms with Crippen LogP contribution < -0.4 is 5.32 Å². The van der Waals surface area contributed by atoms with Crippen molar-refractivity contribution in [1.29, 1.82) is 0 Å². The van der Waals surface area contributed by atoms with Gasteiger partial charge in [0.2, 0.25) is 5.37 Å². The van der Waals surface area contributed by atoms with Crippen LogP contribution in [0, 0.1) is 0 Å². The maximum atomic E-state index is 13.1. The fourth-order valence-electron chi connectivity index (χ4n) is 3.30. The molecule has 0 radical (unpaired) electrons. The van der Waals surface area contributed by atoms with Crippen LogP contribution in [0.4, 0.5) is 0 Å². The molecule has 0 saturated heterocycles. The average Bonchev–Trinajstić information content (AvgIpc) is 3.28. The number of esters is 1. The number of carbonyl (C=O) groups is 3. The van der Waals surface area contributed by atoms with Gasteiger partial charge in [-0.2, -0.15) is 5.10 Å². The Hall–Kier alpha value is -3.24. The van der Waals surface area contributed by atoms with Gasteiger partial charge in [-0.15, -0.1) is 0 Å². The van der Waals surface area contributed by atoms with Crippen molar-refractivity contribution in [3.8, 4) is 0 Å². The van der Waals surface area contributed by atoms with Crippen molar-refractivity contribution in [1.82, 2.24) is 15.3 Å². The van der Waals surface area contributed by atoms with Crippen molar-refractivity contribution >= 4 is 34.7 Å². The fraction of sp³-hybridized carbons (Fsp3) is 0.348. The number of carbonyl (C=O) groups excluding carboxylic acids is 2. The number of rotatable bonds is 10. The van der Waals surface area contributed by atoms with Crippen LogP contribution in [0.1, 0.15) is 31.4 Å². The van der Waals surface area contributed by atoms with Crippen LogP contribution in [-0.4, -0.2) is 62.1 Å².